The zero-order chi connectivity index (χ0) is 19.3. The average Bonchev–Trinajstić information content (AvgIpc) is 2.55. The van der Waals surface area contributed by atoms with Crippen LogP contribution in [0.5, 0.6) is 0 Å². The summed E-state index contributed by atoms with van der Waals surface area (Å²) in [4.78, 5) is 24.1. The Morgan fingerprint density at radius 3 is 2.27 bits per heavy atom. The van der Waals surface area contributed by atoms with Gasteiger partial charge in [-0.3, -0.25) is 9.59 Å². The van der Waals surface area contributed by atoms with Crippen molar-refractivity contribution in [2.24, 2.45) is 5.41 Å². The average molecular weight is 378 g/mol. The Bertz CT molecular complexity index is 819. The zero-order valence-electron chi connectivity index (χ0n) is 14.8. The SMILES string of the molecule is CC(C)(C)C(=O)Nc1cccc(NC(=O)CNc2ccc(F)c(Cl)c2)c1. The molecule has 138 valence electrons. The summed E-state index contributed by atoms with van der Waals surface area (Å²) >= 11 is 5.70. The Morgan fingerprint density at radius 1 is 1.00 bits per heavy atom. The van der Waals surface area contributed by atoms with Crippen LogP contribution in [0.2, 0.25) is 5.02 Å². The van der Waals surface area contributed by atoms with Crippen molar-refractivity contribution >= 4 is 40.5 Å². The predicted molar refractivity (Wildman–Crippen MR) is 103 cm³/mol. The largest absolute Gasteiger partial charge is 0.376 e. The number of carbonyl (C=O) groups is 2. The Balaban J connectivity index is 1.93. The van der Waals surface area contributed by atoms with Crippen LogP contribution < -0.4 is 16.0 Å². The molecule has 2 aromatic carbocycles. The highest BCUT2D eigenvalue weighted by atomic mass is 35.5. The summed E-state index contributed by atoms with van der Waals surface area (Å²) in [5, 5.41) is 8.39. The molecular weight excluding hydrogens is 357 g/mol. The van der Waals surface area contributed by atoms with E-state index >= 15 is 0 Å². The van der Waals surface area contributed by atoms with E-state index in [4.69, 9.17) is 11.6 Å². The van der Waals surface area contributed by atoms with Crippen LogP contribution >= 0.6 is 11.6 Å². The normalized spacial score (nSPS) is 11.0. The van der Waals surface area contributed by atoms with E-state index in [0.717, 1.165) is 0 Å². The molecule has 5 nitrogen and oxygen atoms in total. The molecule has 0 heterocycles. The van der Waals surface area contributed by atoms with Crippen molar-refractivity contribution in [1.82, 2.24) is 0 Å². The third-order valence-corrected chi connectivity index (χ3v) is 3.75. The molecule has 0 aliphatic rings. The van der Waals surface area contributed by atoms with Crippen LogP contribution in [0.25, 0.3) is 0 Å². The van der Waals surface area contributed by atoms with Crippen LogP contribution in [-0.4, -0.2) is 18.4 Å². The van der Waals surface area contributed by atoms with Gasteiger partial charge in [0.05, 0.1) is 11.6 Å². The van der Waals surface area contributed by atoms with Gasteiger partial charge in [-0.2, -0.15) is 0 Å². The Morgan fingerprint density at radius 2 is 1.65 bits per heavy atom. The van der Waals surface area contributed by atoms with Crippen LogP contribution in [0.4, 0.5) is 21.5 Å². The fourth-order valence-corrected chi connectivity index (χ4v) is 2.17. The topological polar surface area (TPSA) is 70.2 Å². The second kappa shape index (κ2) is 8.19. The number of benzene rings is 2. The van der Waals surface area contributed by atoms with Crippen molar-refractivity contribution in [3.8, 4) is 0 Å². The highest BCUT2D eigenvalue weighted by Gasteiger charge is 2.21. The van der Waals surface area contributed by atoms with Crippen LogP contribution in [0.1, 0.15) is 20.8 Å². The number of halogens is 2. The van der Waals surface area contributed by atoms with E-state index in [9.17, 15) is 14.0 Å². The lowest BCUT2D eigenvalue weighted by Gasteiger charge is -2.18. The Kier molecular flexibility index (Phi) is 6.21. The molecule has 0 radical (unpaired) electrons. The highest BCUT2D eigenvalue weighted by molar-refractivity contribution is 6.31. The van der Waals surface area contributed by atoms with E-state index in [1.165, 1.54) is 18.2 Å². The van der Waals surface area contributed by atoms with E-state index in [1.807, 2.05) is 20.8 Å². The first-order valence-electron chi connectivity index (χ1n) is 8.05. The van der Waals surface area contributed by atoms with Crippen molar-refractivity contribution in [3.63, 3.8) is 0 Å². The lowest BCUT2D eigenvalue weighted by atomic mass is 9.95. The zero-order valence-corrected chi connectivity index (χ0v) is 15.6. The summed E-state index contributed by atoms with van der Waals surface area (Å²) in [5.41, 5.74) is 1.18. The van der Waals surface area contributed by atoms with Gasteiger partial charge in [-0.05, 0) is 36.4 Å². The van der Waals surface area contributed by atoms with Crippen LogP contribution in [0, 0.1) is 11.2 Å². The van der Waals surface area contributed by atoms with Crippen molar-refractivity contribution in [3.05, 3.63) is 53.3 Å². The number of hydrogen-bond donors (Lipinski definition) is 3. The second-order valence-corrected chi connectivity index (χ2v) is 7.22. The number of rotatable bonds is 5. The molecule has 0 aliphatic heterocycles. The third-order valence-electron chi connectivity index (χ3n) is 3.46. The highest BCUT2D eigenvalue weighted by Crippen LogP contribution is 2.21. The van der Waals surface area contributed by atoms with E-state index in [1.54, 1.807) is 24.3 Å². The van der Waals surface area contributed by atoms with Crippen LogP contribution in [0.15, 0.2) is 42.5 Å². The molecule has 0 saturated heterocycles. The van der Waals surface area contributed by atoms with Gasteiger partial charge in [0.25, 0.3) is 0 Å². The molecule has 0 spiro atoms. The minimum atomic E-state index is -0.518. The molecule has 0 saturated carbocycles. The first-order chi connectivity index (χ1) is 12.1. The molecule has 0 atom stereocenters. The maximum atomic E-state index is 13.1. The van der Waals surface area contributed by atoms with Gasteiger partial charge < -0.3 is 16.0 Å². The lowest BCUT2D eigenvalue weighted by Crippen LogP contribution is -2.27. The van der Waals surface area contributed by atoms with Gasteiger partial charge in [-0.15, -0.1) is 0 Å². The van der Waals surface area contributed by atoms with Crippen LogP contribution in [-0.2, 0) is 9.59 Å². The molecule has 26 heavy (non-hydrogen) atoms. The number of carbonyl (C=O) groups excluding carboxylic acids is 2. The first-order valence-corrected chi connectivity index (χ1v) is 8.43. The van der Waals surface area contributed by atoms with Crippen molar-refractivity contribution in [2.45, 2.75) is 20.8 Å². The molecule has 0 aromatic heterocycles. The molecule has 0 bridgehead atoms. The number of nitrogens with one attached hydrogen (secondary N) is 3. The third kappa shape index (κ3) is 5.74. The smallest absolute Gasteiger partial charge is 0.243 e. The molecule has 3 N–H and O–H groups in total. The molecule has 2 amide bonds. The first kappa shape index (κ1) is 19.7. The monoisotopic (exact) mass is 377 g/mol. The summed E-state index contributed by atoms with van der Waals surface area (Å²) in [6.07, 6.45) is 0. The van der Waals surface area contributed by atoms with Gasteiger partial charge in [0, 0.05) is 22.5 Å². The quantitative estimate of drug-likeness (QED) is 0.717. The summed E-state index contributed by atoms with van der Waals surface area (Å²) in [5.74, 6) is -0.920. The molecule has 2 rings (SSSR count). The van der Waals surface area contributed by atoms with Gasteiger partial charge in [0.1, 0.15) is 5.82 Å². The standard InChI is InChI=1S/C19H21ClFN3O2/c1-19(2,3)18(26)24-14-6-4-5-13(9-14)23-17(25)11-22-12-7-8-16(21)15(20)10-12/h4-10,22H,11H2,1-3H3,(H,23,25)(H,24,26). The molecule has 0 aliphatic carbocycles. The fourth-order valence-electron chi connectivity index (χ4n) is 1.99. The predicted octanol–water partition coefficient (Wildman–Crippen LogP) is 4.51. The van der Waals surface area contributed by atoms with Gasteiger partial charge in [0.15, 0.2) is 0 Å². The van der Waals surface area contributed by atoms with Gasteiger partial charge >= 0.3 is 0 Å². The van der Waals surface area contributed by atoms with E-state index < -0.39 is 11.2 Å². The van der Waals surface area contributed by atoms with Crippen molar-refractivity contribution < 1.29 is 14.0 Å². The molecule has 0 unspecified atom stereocenters. The van der Waals surface area contributed by atoms with Crippen LogP contribution in [0.3, 0.4) is 0 Å². The van der Waals surface area contributed by atoms with Crippen molar-refractivity contribution in [2.75, 3.05) is 22.5 Å². The number of amides is 2. The molecule has 7 heteroatoms. The molecular formula is C19H21ClFN3O2. The summed E-state index contributed by atoms with van der Waals surface area (Å²) in [6, 6.07) is 11.0. The summed E-state index contributed by atoms with van der Waals surface area (Å²) in [6.45, 7) is 5.45. The minimum Gasteiger partial charge on any atom is -0.376 e. The lowest BCUT2D eigenvalue weighted by molar-refractivity contribution is -0.123. The molecule has 2 aromatic rings. The Hall–Kier alpha value is -2.60. The van der Waals surface area contributed by atoms with Gasteiger partial charge in [0.2, 0.25) is 11.8 Å². The summed E-state index contributed by atoms with van der Waals surface area (Å²) in [7, 11) is 0. The van der Waals surface area contributed by atoms with E-state index in [0.29, 0.717) is 17.1 Å². The second-order valence-electron chi connectivity index (χ2n) is 6.82. The van der Waals surface area contributed by atoms with E-state index in [-0.39, 0.29) is 23.4 Å². The minimum absolute atomic E-state index is 0.0134. The fraction of sp³-hybridized carbons (Fsp3) is 0.263. The van der Waals surface area contributed by atoms with Gasteiger partial charge in [-0.1, -0.05) is 38.4 Å². The summed E-state index contributed by atoms with van der Waals surface area (Å²) < 4.78 is 13.1. The number of hydrogen-bond acceptors (Lipinski definition) is 3. The van der Waals surface area contributed by atoms with Gasteiger partial charge in [-0.25, -0.2) is 4.39 Å². The maximum Gasteiger partial charge on any atom is 0.243 e. The van der Waals surface area contributed by atoms with Crippen molar-refractivity contribution in [1.29, 1.82) is 0 Å². The number of anilines is 3. The van der Waals surface area contributed by atoms with E-state index in [2.05, 4.69) is 16.0 Å². The maximum absolute atomic E-state index is 13.1. The molecule has 0 fully saturated rings. The Labute approximate surface area is 156 Å².